The lowest BCUT2D eigenvalue weighted by molar-refractivity contribution is 1.07. The topological polar surface area (TPSA) is 48.5 Å². The van der Waals surface area contributed by atoms with Crippen molar-refractivity contribution < 1.29 is 0 Å². The molecule has 0 aliphatic rings. The zero-order chi connectivity index (χ0) is 45.0. The first-order valence-corrected chi connectivity index (χ1v) is 23.0. The smallest absolute Gasteiger partial charge is 0.164 e. The zero-order valence-electron chi connectivity index (χ0n) is 36.9. The van der Waals surface area contributed by atoms with E-state index in [1.54, 1.807) is 0 Å². The van der Waals surface area contributed by atoms with Crippen molar-refractivity contribution in [2.45, 2.75) is 0 Å². The minimum absolute atomic E-state index is 0.632. The number of fused-ring (bicyclic) bond motifs is 6. The third-order valence-corrected chi connectivity index (χ3v) is 13.2. The van der Waals surface area contributed by atoms with Crippen molar-refractivity contribution >= 4 is 43.6 Å². The van der Waals surface area contributed by atoms with Crippen LogP contribution in [-0.2, 0) is 0 Å². The summed E-state index contributed by atoms with van der Waals surface area (Å²) >= 11 is 0. The molecule has 13 rings (SSSR count). The lowest BCUT2D eigenvalue weighted by atomic mass is 9.97. The van der Waals surface area contributed by atoms with Gasteiger partial charge < -0.3 is 9.13 Å². The lowest BCUT2D eigenvalue weighted by Gasteiger charge is -2.12. The molecule has 0 radical (unpaired) electrons. The number of hydrogen-bond acceptors (Lipinski definition) is 3. The van der Waals surface area contributed by atoms with Crippen molar-refractivity contribution in [3.05, 3.63) is 249 Å². The summed E-state index contributed by atoms with van der Waals surface area (Å²) in [6.45, 7) is 0. The Morgan fingerprint density at radius 3 is 1.28 bits per heavy atom. The molecule has 0 bridgehead atoms. The van der Waals surface area contributed by atoms with Crippen molar-refractivity contribution in [1.82, 2.24) is 24.1 Å². The van der Waals surface area contributed by atoms with Crippen LogP contribution in [0.3, 0.4) is 0 Å². The number of benzene rings is 10. The lowest BCUT2D eigenvalue weighted by Crippen LogP contribution is -2.00. The van der Waals surface area contributed by atoms with Crippen molar-refractivity contribution in [3.8, 4) is 78.9 Å². The summed E-state index contributed by atoms with van der Waals surface area (Å²) in [5, 5.41) is 4.87. The second-order valence-corrected chi connectivity index (χ2v) is 17.2. The monoisotopic (exact) mass is 867 g/mol. The van der Waals surface area contributed by atoms with E-state index in [1.807, 2.05) is 60.7 Å². The molecule has 0 N–H and O–H groups in total. The summed E-state index contributed by atoms with van der Waals surface area (Å²) in [6, 6.07) is 88.3. The molecule has 5 nitrogen and oxygen atoms in total. The summed E-state index contributed by atoms with van der Waals surface area (Å²) in [5.41, 5.74) is 16.8. The SMILES string of the molecule is c1ccc(-c2ccc(-n3c4ccccc4c4cc(-c5ccc(-n6c7ccccc7c7c(-c8cccc(-c9nc(-c%10ccccc%10)nc(-c%10ccccc%10)n9)c8)cccc76)cc5)ccc43)cc2)cc1. The molecule has 0 aliphatic carbocycles. The summed E-state index contributed by atoms with van der Waals surface area (Å²) < 4.78 is 4.78. The highest BCUT2D eigenvalue weighted by Crippen LogP contribution is 2.41. The molecule has 3 heterocycles. The van der Waals surface area contributed by atoms with Gasteiger partial charge in [0.2, 0.25) is 0 Å². The predicted octanol–water partition coefficient (Wildman–Crippen LogP) is 16.1. The highest BCUT2D eigenvalue weighted by molar-refractivity contribution is 6.16. The standard InChI is InChI=1S/C63H41N5/c1-4-16-42(17-5-1)43-30-35-50(36-31-43)67-56-27-12-10-24-53(56)55-41-47(34-39-58(55)67)44-32-37-51(38-33-44)68-57-28-13-11-25-54(57)60-52(26-15-29-59(60)68)48-22-14-23-49(40-48)63-65-61(45-18-6-2-7-19-45)64-62(66-63)46-20-8-3-9-21-46/h1-41H. The van der Waals surface area contributed by atoms with Crippen molar-refractivity contribution in [2.75, 3.05) is 0 Å². The van der Waals surface area contributed by atoms with Gasteiger partial charge in [0, 0.05) is 49.6 Å². The van der Waals surface area contributed by atoms with Crippen LogP contribution >= 0.6 is 0 Å². The Hall–Kier alpha value is -9.19. The van der Waals surface area contributed by atoms with Gasteiger partial charge in [0.1, 0.15) is 0 Å². The Labute approximate surface area is 393 Å². The molecule has 0 spiro atoms. The number of hydrogen-bond donors (Lipinski definition) is 0. The molecule has 68 heavy (non-hydrogen) atoms. The van der Waals surface area contributed by atoms with E-state index in [9.17, 15) is 0 Å². The average molecular weight is 868 g/mol. The molecule has 0 unspecified atom stereocenters. The maximum absolute atomic E-state index is 5.04. The van der Waals surface area contributed by atoms with Crippen LogP contribution in [0.25, 0.3) is 123 Å². The molecule has 0 fully saturated rings. The highest BCUT2D eigenvalue weighted by Gasteiger charge is 2.19. The van der Waals surface area contributed by atoms with Crippen LogP contribution in [0.2, 0.25) is 0 Å². The molecule has 0 aliphatic heterocycles. The van der Waals surface area contributed by atoms with Crippen molar-refractivity contribution in [3.63, 3.8) is 0 Å². The number of aromatic nitrogens is 5. The predicted molar refractivity (Wildman–Crippen MR) is 281 cm³/mol. The molecule has 13 aromatic rings. The van der Waals surface area contributed by atoms with Gasteiger partial charge in [-0.1, -0.05) is 188 Å². The second-order valence-electron chi connectivity index (χ2n) is 17.2. The summed E-state index contributed by atoms with van der Waals surface area (Å²) in [4.78, 5) is 15.0. The van der Waals surface area contributed by atoms with E-state index in [0.29, 0.717) is 17.5 Å². The third kappa shape index (κ3) is 6.76. The van der Waals surface area contributed by atoms with Crippen LogP contribution in [0, 0.1) is 0 Å². The van der Waals surface area contributed by atoms with Gasteiger partial charge in [-0.2, -0.15) is 0 Å². The van der Waals surface area contributed by atoms with E-state index in [2.05, 4.69) is 197 Å². The minimum atomic E-state index is 0.632. The Morgan fingerprint density at radius 2 is 0.647 bits per heavy atom. The highest BCUT2D eigenvalue weighted by atomic mass is 15.0. The largest absolute Gasteiger partial charge is 0.309 e. The molecule has 3 aromatic heterocycles. The van der Waals surface area contributed by atoms with Gasteiger partial charge >= 0.3 is 0 Å². The van der Waals surface area contributed by atoms with Gasteiger partial charge in [0.05, 0.1) is 22.1 Å². The molecule has 10 aromatic carbocycles. The van der Waals surface area contributed by atoms with E-state index in [-0.39, 0.29) is 0 Å². The van der Waals surface area contributed by atoms with E-state index in [0.717, 1.165) is 50.2 Å². The Kier molecular flexibility index (Phi) is 9.43. The quantitative estimate of drug-likeness (QED) is 0.153. The third-order valence-electron chi connectivity index (χ3n) is 13.2. The fraction of sp³-hybridized carbons (Fsp3) is 0. The normalized spacial score (nSPS) is 11.5. The molecule has 0 saturated carbocycles. The van der Waals surface area contributed by atoms with Crippen LogP contribution in [0.1, 0.15) is 0 Å². The van der Waals surface area contributed by atoms with E-state index in [1.165, 1.54) is 54.8 Å². The first-order valence-electron chi connectivity index (χ1n) is 23.0. The molecule has 5 heteroatoms. The van der Waals surface area contributed by atoms with Gasteiger partial charge in [-0.15, -0.1) is 0 Å². The van der Waals surface area contributed by atoms with Gasteiger partial charge in [-0.25, -0.2) is 15.0 Å². The van der Waals surface area contributed by atoms with Gasteiger partial charge in [-0.05, 0) is 94.0 Å². The van der Waals surface area contributed by atoms with Gasteiger partial charge in [0.15, 0.2) is 17.5 Å². The second kappa shape index (κ2) is 16.4. The Balaban J connectivity index is 0.874. The van der Waals surface area contributed by atoms with Crippen LogP contribution in [-0.4, -0.2) is 24.1 Å². The average Bonchev–Trinajstić information content (AvgIpc) is 3.94. The van der Waals surface area contributed by atoms with Crippen LogP contribution in [0.15, 0.2) is 249 Å². The minimum Gasteiger partial charge on any atom is -0.309 e. The van der Waals surface area contributed by atoms with Gasteiger partial charge in [0.25, 0.3) is 0 Å². The summed E-state index contributed by atoms with van der Waals surface area (Å²) in [5.74, 6) is 1.92. The van der Waals surface area contributed by atoms with Crippen LogP contribution in [0.5, 0.6) is 0 Å². The summed E-state index contributed by atoms with van der Waals surface area (Å²) in [6.07, 6.45) is 0. The fourth-order valence-corrected chi connectivity index (χ4v) is 9.97. The van der Waals surface area contributed by atoms with Crippen LogP contribution in [0.4, 0.5) is 0 Å². The fourth-order valence-electron chi connectivity index (χ4n) is 9.97. The molecular formula is C63H41N5. The van der Waals surface area contributed by atoms with Crippen molar-refractivity contribution in [2.24, 2.45) is 0 Å². The molecular weight excluding hydrogens is 827 g/mol. The van der Waals surface area contributed by atoms with Crippen molar-refractivity contribution in [1.29, 1.82) is 0 Å². The maximum Gasteiger partial charge on any atom is 0.164 e. The zero-order valence-corrected chi connectivity index (χ0v) is 36.9. The Morgan fingerprint density at radius 1 is 0.235 bits per heavy atom. The maximum atomic E-state index is 5.04. The first-order chi connectivity index (χ1) is 33.7. The molecule has 0 atom stereocenters. The van der Waals surface area contributed by atoms with E-state index >= 15 is 0 Å². The summed E-state index contributed by atoms with van der Waals surface area (Å²) in [7, 11) is 0. The number of nitrogens with zero attached hydrogens (tertiary/aromatic N) is 5. The van der Waals surface area contributed by atoms with E-state index < -0.39 is 0 Å². The molecule has 318 valence electrons. The number of para-hydroxylation sites is 2. The molecule has 0 saturated heterocycles. The number of rotatable bonds is 8. The molecule has 0 amide bonds. The van der Waals surface area contributed by atoms with Crippen LogP contribution < -0.4 is 0 Å². The van der Waals surface area contributed by atoms with E-state index in [4.69, 9.17) is 15.0 Å². The van der Waals surface area contributed by atoms with Gasteiger partial charge in [-0.3, -0.25) is 0 Å². The first kappa shape index (κ1) is 39.2. The Bertz CT molecular complexity index is 3930.